The van der Waals surface area contributed by atoms with Gasteiger partial charge in [-0.15, -0.1) is 0 Å². The van der Waals surface area contributed by atoms with E-state index in [1.54, 1.807) is 7.11 Å². The highest BCUT2D eigenvalue weighted by atomic mass is 16.5. The van der Waals surface area contributed by atoms with Crippen LogP contribution in [0, 0.1) is 0 Å². The molecule has 0 spiro atoms. The van der Waals surface area contributed by atoms with Gasteiger partial charge in [-0.25, -0.2) is 0 Å². The van der Waals surface area contributed by atoms with Crippen LogP contribution in [-0.4, -0.2) is 43.5 Å². The van der Waals surface area contributed by atoms with E-state index in [0.717, 1.165) is 50.1 Å². The van der Waals surface area contributed by atoms with Crippen LogP contribution in [0.5, 0.6) is 5.75 Å². The minimum Gasteiger partial charge on any atom is -0.496 e. The Hall–Kier alpha value is -2.04. The van der Waals surface area contributed by atoms with Crippen LogP contribution in [0.2, 0.25) is 0 Å². The van der Waals surface area contributed by atoms with Crippen molar-refractivity contribution in [1.82, 2.24) is 10.2 Å². The molecule has 1 N–H and O–H groups in total. The van der Waals surface area contributed by atoms with Crippen LogP contribution in [-0.2, 0) is 16.0 Å². The summed E-state index contributed by atoms with van der Waals surface area (Å²) in [5, 5.41) is 2.92. The van der Waals surface area contributed by atoms with Gasteiger partial charge in [0.2, 0.25) is 11.8 Å². The monoisotopic (exact) mass is 318 g/mol. The van der Waals surface area contributed by atoms with Crippen molar-refractivity contribution >= 4 is 11.8 Å². The van der Waals surface area contributed by atoms with E-state index in [1.165, 1.54) is 0 Å². The molecule has 1 fully saturated rings. The van der Waals surface area contributed by atoms with E-state index in [2.05, 4.69) is 5.32 Å². The predicted molar refractivity (Wildman–Crippen MR) is 89.4 cm³/mol. The number of ether oxygens (including phenoxy) is 1. The van der Waals surface area contributed by atoms with Crippen molar-refractivity contribution in [2.24, 2.45) is 0 Å². The number of hydrogen-bond donors (Lipinski definition) is 1. The zero-order valence-electron chi connectivity index (χ0n) is 13.8. The molecule has 1 aliphatic heterocycles. The molecule has 1 saturated heterocycles. The van der Waals surface area contributed by atoms with Gasteiger partial charge in [-0.3, -0.25) is 9.59 Å². The first kappa shape index (κ1) is 17.3. The first-order valence-corrected chi connectivity index (χ1v) is 8.37. The van der Waals surface area contributed by atoms with E-state index >= 15 is 0 Å². The van der Waals surface area contributed by atoms with Crippen LogP contribution < -0.4 is 10.1 Å². The molecule has 23 heavy (non-hydrogen) atoms. The van der Waals surface area contributed by atoms with Gasteiger partial charge in [0.25, 0.3) is 0 Å². The number of carbonyl (C=O) groups excluding carboxylic acids is 2. The molecule has 0 bridgehead atoms. The summed E-state index contributed by atoms with van der Waals surface area (Å²) in [5.74, 6) is 0.970. The summed E-state index contributed by atoms with van der Waals surface area (Å²) in [6, 6.07) is 7.54. The smallest absolute Gasteiger partial charge is 0.224 e. The number of methoxy groups -OCH3 is 1. The van der Waals surface area contributed by atoms with Crippen molar-refractivity contribution in [2.75, 3.05) is 26.7 Å². The second kappa shape index (κ2) is 9.18. The predicted octanol–water partition coefficient (Wildman–Crippen LogP) is 2.15. The van der Waals surface area contributed by atoms with Crippen molar-refractivity contribution < 1.29 is 14.3 Å². The number of nitrogens with one attached hydrogen (secondary N) is 1. The van der Waals surface area contributed by atoms with Crippen LogP contribution in [0.1, 0.15) is 37.7 Å². The summed E-state index contributed by atoms with van der Waals surface area (Å²) < 4.78 is 5.25. The highest BCUT2D eigenvalue weighted by Gasteiger charge is 2.15. The van der Waals surface area contributed by atoms with E-state index in [4.69, 9.17) is 4.74 Å². The molecule has 0 atom stereocenters. The quantitative estimate of drug-likeness (QED) is 0.784. The number of para-hydroxylation sites is 1. The topological polar surface area (TPSA) is 58.6 Å². The Morgan fingerprint density at radius 2 is 2.09 bits per heavy atom. The van der Waals surface area contributed by atoms with Gasteiger partial charge in [-0.1, -0.05) is 24.6 Å². The minimum atomic E-state index is -0.0170. The number of amides is 2. The third kappa shape index (κ3) is 5.58. The molecule has 5 nitrogen and oxygen atoms in total. The van der Waals surface area contributed by atoms with E-state index < -0.39 is 0 Å². The lowest BCUT2D eigenvalue weighted by molar-refractivity contribution is -0.130. The van der Waals surface area contributed by atoms with E-state index in [9.17, 15) is 9.59 Å². The number of rotatable bonds is 7. The molecule has 0 aromatic heterocycles. The van der Waals surface area contributed by atoms with Gasteiger partial charge in [0.1, 0.15) is 5.75 Å². The van der Waals surface area contributed by atoms with Gasteiger partial charge in [-0.05, 0) is 25.3 Å². The number of likely N-dealkylation sites (tertiary alicyclic amines) is 1. The average molecular weight is 318 g/mol. The summed E-state index contributed by atoms with van der Waals surface area (Å²) in [7, 11) is 1.61. The fraction of sp³-hybridized carbons (Fsp3) is 0.556. The van der Waals surface area contributed by atoms with Crippen LogP contribution in [0.15, 0.2) is 24.3 Å². The Kier molecular flexibility index (Phi) is 6.91. The molecule has 0 aliphatic carbocycles. The van der Waals surface area contributed by atoms with Crippen LogP contribution in [0.3, 0.4) is 0 Å². The zero-order valence-corrected chi connectivity index (χ0v) is 13.8. The van der Waals surface area contributed by atoms with Gasteiger partial charge in [0, 0.05) is 31.6 Å². The first-order valence-electron chi connectivity index (χ1n) is 8.37. The lowest BCUT2D eigenvalue weighted by atomic mass is 10.1. The molecular formula is C18H26N2O3. The van der Waals surface area contributed by atoms with Crippen molar-refractivity contribution in [1.29, 1.82) is 0 Å². The SMILES string of the molecule is COc1ccccc1CC(=O)NCCCN1CCCCCC1=O. The fourth-order valence-electron chi connectivity index (χ4n) is 2.86. The molecular weight excluding hydrogens is 292 g/mol. The Balaban J connectivity index is 1.69. The number of benzene rings is 1. The molecule has 5 heteroatoms. The lowest BCUT2D eigenvalue weighted by Gasteiger charge is -2.20. The van der Waals surface area contributed by atoms with Crippen LogP contribution >= 0.6 is 0 Å². The second-order valence-corrected chi connectivity index (χ2v) is 5.88. The number of nitrogens with zero attached hydrogens (tertiary/aromatic N) is 1. The fourth-order valence-corrected chi connectivity index (χ4v) is 2.86. The molecule has 2 rings (SSSR count). The molecule has 1 aromatic rings. The largest absolute Gasteiger partial charge is 0.496 e. The van der Waals surface area contributed by atoms with Gasteiger partial charge in [0.05, 0.1) is 13.5 Å². The number of hydrogen-bond acceptors (Lipinski definition) is 3. The highest BCUT2D eigenvalue weighted by Crippen LogP contribution is 2.17. The van der Waals surface area contributed by atoms with Gasteiger partial charge < -0.3 is 15.0 Å². The van der Waals surface area contributed by atoms with Crippen molar-refractivity contribution in [3.05, 3.63) is 29.8 Å². The van der Waals surface area contributed by atoms with Crippen LogP contribution in [0.4, 0.5) is 0 Å². The Bertz CT molecular complexity index is 531. The molecule has 1 aliphatic rings. The van der Waals surface area contributed by atoms with E-state index in [0.29, 0.717) is 19.4 Å². The average Bonchev–Trinajstić information content (AvgIpc) is 2.76. The van der Waals surface area contributed by atoms with Gasteiger partial charge in [-0.2, -0.15) is 0 Å². The van der Waals surface area contributed by atoms with Gasteiger partial charge >= 0.3 is 0 Å². The summed E-state index contributed by atoms with van der Waals surface area (Å²) in [6.07, 6.45) is 5.00. The third-order valence-electron chi connectivity index (χ3n) is 4.14. The Morgan fingerprint density at radius 3 is 2.91 bits per heavy atom. The molecule has 1 aromatic carbocycles. The van der Waals surface area contributed by atoms with E-state index in [-0.39, 0.29) is 11.8 Å². The molecule has 0 unspecified atom stereocenters. The second-order valence-electron chi connectivity index (χ2n) is 5.88. The maximum atomic E-state index is 12.0. The van der Waals surface area contributed by atoms with Crippen LogP contribution in [0.25, 0.3) is 0 Å². The number of carbonyl (C=O) groups is 2. The van der Waals surface area contributed by atoms with Crippen molar-refractivity contribution in [2.45, 2.75) is 38.5 Å². The minimum absolute atomic E-state index is 0.0170. The van der Waals surface area contributed by atoms with E-state index in [1.807, 2.05) is 29.2 Å². The Morgan fingerprint density at radius 1 is 1.26 bits per heavy atom. The Labute approximate surface area is 138 Å². The molecule has 1 heterocycles. The van der Waals surface area contributed by atoms with Crippen molar-refractivity contribution in [3.63, 3.8) is 0 Å². The zero-order chi connectivity index (χ0) is 16.5. The summed E-state index contributed by atoms with van der Waals surface area (Å²) in [4.78, 5) is 25.8. The molecule has 0 saturated carbocycles. The molecule has 126 valence electrons. The van der Waals surface area contributed by atoms with Gasteiger partial charge in [0.15, 0.2) is 0 Å². The summed E-state index contributed by atoms with van der Waals surface area (Å²) >= 11 is 0. The summed E-state index contributed by atoms with van der Waals surface area (Å²) in [5.41, 5.74) is 0.884. The maximum absolute atomic E-state index is 12.0. The maximum Gasteiger partial charge on any atom is 0.224 e. The third-order valence-corrected chi connectivity index (χ3v) is 4.14. The summed E-state index contributed by atoms with van der Waals surface area (Å²) in [6.45, 7) is 2.18. The lowest BCUT2D eigenvalue weighted by Crippen LogP contribution is -2.34. The van der Waals surface area contributed by atoms with Crippen molar-refractivity contribution in [3.8, 4) is 5.75 Å². The molecule has 0 radical (unpaired) electrons. The normalized spacial score (nSPS) is 15.2. The molecule has 2 amide bonds. The standard InChI is InChI=1S/C18H26N2O3/c1-23-16-9-5-4-8-15(16)14-17(21)19-11-7-13-20-12-6-2-3-10-18(20)22/h4-5,8-9H,2-3,6-7,10-14H2,1H3,(H,19,21). The first-order chi connectivity index (χ1) is 11.2. The highest BCUT2D eigenvalue weighted by molar-refractivity contribution is 5.79.